The first-order valence-corrected chi connectivity index (χ1v) is 7.40. The van der Waals surface area contributed by atoms with Crippen LogP contribution in [0.1, 0.15) is 38.2 Å². The van der Waals surface area contributed by atoms with Crippen molar-refractivity contribution in [2.45, 2.75) is 44.6 Å². The number of nitrogens with one attached hydrogen (secondary N) is 1. The van der Waals surface area contributed by atoms with E-state index in [-0.39, 0.29) is 17.9 Å². The van der Waals surface area contributed by atoms with Gasteiger partial charge in [0.2, 0.25) is 5.91 Å². The number of hydrogen-bond acceptors (Lipinski definition) is 2. The lowest BCUT2D eigenvalue weighted by Gasteiger charge is -2.39. The van der Waals surface area contributed by atoms with E-state index in [0.29, 0.717) is 12.5 Å². The minimum absolute atomic E-state index is 0.0730. The molecule has 1 saturated carbocycles. The predicted octanol–water partition coefficient (Wildman–Crippen LogP) is 2.53. The van der Waals surface area contributed by atoms with Crippen molar-refractivity contribution in [1.29, 1.82) is 0 Å². The molecule has 0 atom stereocenters. The van der Waals surface area contributed by atoms with Crippen LogP contribution in [-0.2, 0) is 11.2 Å². The lowest BCUT2D eigenvalue weighted by Crippen LogP contribution is -2.55. The molecule has 21 heavy (non-hydrogen) atoms. The van der Waals surface area contributed by atoms with Crippen LogP contribution in [0.2, 0.25) is 0 Å². The molecule has 0 bridgehead atoms. The summed E-state index contributed by atoms with van der Waals surface area (Å²) in [6.45, 7) is 2.56. The number of amides is 1. The molecular weight excluding hydrogens is 274 g/mol. The Morgan fingerprint density at radius 1 is 1.38 bits per heavy atom. The maximum Gasteiger partial charge on any atom is 0.225 e. The lowest BCUT2D eigenvalue weighted by atomic mass is 9.77. The molecule has 116 valence electrons. The molecule has 1 aromatic rings. The minimum Gasteiger partial charge on any atom is -0.349 e. The highest BCUT2D eigenvalue weighted by Gasteiger charge is 2.34. The van der Waals surface area contributed by atoms with Gasteiger partial charge in [0.05, 0.1) is 12.0 Å². The molecule has 3 nitrogen and oxygen atoms in total. The van der Waals surface area contributed by atoms with Crippen LogP contribution < -0.4 is 11.1 Å². The fourth-order valence-electron chi connectivity index (χ4n) is 2.89. The van der Waals surface area contributed by atoms with Crippen molar-refractivity contribution in [2.75, 3.05) is 6.54 Å². The molecular formula is C16H22F2N2O. The van der Waals surface area contributed by atoms with Crippen LogP contribution in [0.4, 0.5) is 8.78 Å². The molecule has 0 aromatic heterocycles. The summed E-state index contributed by atoms with van der Waals surface area (Å²) in [5, 5.41) is 2.94. The SMILES string of the molecule is CC1CCC(CN)(NC(=O)Cc2cccc(F)c2F)CC1. The van der Waals surface area contributed by atoms with Crippen LogP contribution in [-0.4, -0.2) is 18.0 Å². The van der Waals surface area contributed by atoms with Gasteiger partial charge < -0.3 is 11.1 Å². The number of rotatable bonds is 4. The maximum absolute atomic E-state index is 13.6. The smallest absolute Gasteiger partial charge is 0.225 e. The lowest BCUT2D eigenvalue weighted by molar-refractivity contribution is -0.122. The van der Waals surface area contributed by atoms with Crippen LogP contribution in [0.15, 0.2) is 18.2 Å². The number of hydrogen-bond donors (Lipinski definition) is 2. The number of benzene rings is 1. The largest absolute Gasteiger partial charge is 0.349 e. The van der Waals surface area contributed by atoms with Gasteiger partial charge in [0, 0.05) is 12.1 Å². The van der Waals surface area contributed by atoms with Gasteiger partial charge in [-0.05, 0) is 37.7 Å². The molecule has 1 aromatic carbocycles. The van der Waals surface area contributed by atoms with Gasteiger partial charge in [-0.3, -0.25) is 4.79 Å². The van der Waals surface area contributed by atoms with Crippen molar-refractivity contribution in [3.05, 3.63) is 35.4 Å². The molecule has 2 rings (SSSR count). The molecule has 0 radical (unpaired) electrons. The molecule has 1 amide bonds. The van der Waals surface area contributed by atoms with E-state index in [4.69, 9.17) is 5.73 Å². The molecule has 0 heterocycles. The predicted molar refractivity (Wildman–Crippen MR) is 77.6 cm³/mol. The molecule has 0 spiro atoms. The highest BCUT2D eigenvalue weighted by Crippen LogP contribution is 2.31. The first kappa shape index (κ1) is 15.9. The summed E-state index contributed by atoms with van der Waals surface area (Å²) in [6.07, 6.45) is 3.54. The summed E-state index contributed by atoms with van der Waals surface area (Å²) in [4.78, 5) is 12.1. The summed E-state index contributed by atoms with van der Waals surface area (Å²) in [5.41, 5.74) is 5.51. The van der Waals surface area contributed by atoms with E-state index < -0.39 is 17.2 Å². The van der Waals surface area contributed by atoms with Gasteiger partial charge in [0.15, 0.2) is 11.6 Å². The zero-order valence-electron chi connectivity index (χ0n) is 12.3. The third-order valence-electron chi connectivity index (χ3n) is 4.41. The molecule has 5 heteroatoms. The Labute approximate surface area is 123 Å². The average molecular weight is 296 g/mol. The van der Waals surface area contributed by atoms with Crippen LogP contribution in [0, 0.1) is 17.6 Å². The van der Waals surface area contributed by atoms with Crippen molar-refractivity contribution in [2.24, 2.45) is 11.7 Å². The summed E-state index contributed by atoms with van der Waals surface area (Å²) < 4.78 is 26.7. The Morgan fingerprint density at radius 2 is 2.05 bits per heavy atom. The first-order chi connectivity index (χ1) is 9.96. The van der Waals surface area contributed by atoms with Gasteiger partial charge in [-0.2, -0.15) is 0 Å². The minimum atomic E-state index is -0.952. The van der Waals surface area contributed by atoms with Crippen molar-refractivity contribution in [1.82, 2.24) is 5.32 Å². The van der Waals surface area contributed by atoms with E-state index in [0.717, 1.165) is 31.7 Å². The summed E-state index contributed by atoms with van der Waals surface area (Å²) in [7, 11) is 0. The standard InChI is InChI=1S/C16H22F2N2O/c1-11-5-7-16(10-19,8-6-11)20-14(21)9-12-3-2-4-13(17)15(12)18/h2-4,11H,5-10,19H2,1H3,(H,20,21). The molecule has 1 aliphatic rings. The van der Waals surface area contributed by atoms with Gasteiger partial charge in [-0.25, -0.2) is 8.78 Å². The Hall–Kier alpha value is -1.49. The number of carbonyl (C=O) groups is 1. The van der Waals surface area contributed by atoms with Crippen molar-refractivity contribution in [3.63, 3.8) is 0 Å². The topological polar surface area (TPSA) is 55.1 Å². The van der Waals surface area contributed by atoms with Crippen molar-refractivity contribution >= 4 is 5.91 Å². The van der Waals surface area contributed by atoms with E-state index in [2.05, 4.69) is 12.2 Å². The summed E-state index contributed by atoms with van der Waals surface area (Å²) >= 11 is 0. The Kier molecular flexibility index (Phi) is 4.93. The fraction of sp³-hybridized carbons (Fsp3) is 0.562. The quantitative estimate of drug-likeness (QED) is 0.897. The molecule has 3 N–H and O–H groups in total. The first-order valence-electron chi connectivity index (χ1n) is 7.40. The normalized spacial score (nSPS) is 25.6. The monoisotopic (exact) mass is 296 g/mol. The van der Waals surface area contributed by atoms with Gasteiger partial charge in [-0.15, -0.1) is 0 Å². The zero-order valence-corrected chi connectivity index (χ0v) is 12.3. The number of halogens is 2. The number of carbonyl (C=O) groups excluding carboxylic acids is 1. The van der Waals surface area contributed by atoms with Gasteiger partial charge in [0.1, 0.15) is 0 Å². The molecule has 0 aliphatic heterocycles. The van der Waals surface area contributed by atoms with E-state index >= 15 is 0 Å². The third kappa shape index (κ3) is 3.79. The van der Waals surface area contributed by atoms with Gasteiger partial charge in [0.25, 0.3) is 0 Å². The van der Waals surface area contributed by atoms with Crippen LogP contribution in [0.25, 0.3) is 0 Å². The van der Waals surface area contributed by atoms with Crippen molar-refractivity contribution in [3.8, 4) is 0 Å². The van der Waals surface area contributed by atoms with Crippen LogP contribution >= 0.6 is 0 Å². The van der Waals surface area contributed by atoms with Crippen LogP contribution in [0.3, 0.4) is 0 Å². The van der Waals surface area contributed by atoms with E-state index in [9.17, 15) is 13.6 Å². The Bertz CT molecular complexity index is 511. The zero-order chi connectivity index (χ0) is 15.5. The van der Waals surface area contributed by atoms with E-state index in [1.54, 1.807) is 0 Å². The fourth-order valence-corrected chi connectivity index (χ4v) is 2.89. The maximum atomic E-state index is 13.6. The highest BCUT2D eigenvalue weighted by molar-refractivity contribution is 5.79. The summed E-state index contributed by atoms with van der Waals surface area (Å²) in [5.74, 6) is -1.55. The average Bonchev–Trinajstić information content (AvgIpc) is 2.47. The third-order valence-corrected chi connectivity index (χ3v) is 4.41. The van der Waals surface area contributed by atoms with E-state index in [1.165, 1.54) is 12.1 Å². The number of nitrogens with two attached hydrogens (primary N) is 1. The molecule has 0 unspecified atom stereocenters. The molecule has 0 saturated heterocycles. The van der Waals surface area contributed by atoms with Gasteiger partial charge in [-0.1, -0.05) is 19.1 Å². The second-order valence-electron chi connectivity index (χ2n) is 6.10. The Balaban J connectivity index is 2.02. The van der Waals surface area contributed by atoms with Crippen molar-refractivity contribution < 1.29 is 13.6 Å². The highest BCUT2D eigenvalue weighted by atomic mass is 19.2. The van der Waals surface area contributed by atoms with Crippen LogP contribution in [0.5, 0.6) is 0 Å². The summed E-state index contributed by atoms with van der Waals surface area (Å²) in [6, 6.07) is 3.87. The molecule has 1 aliphatic carbocycles. The van der Waals surface area contributed by atoms with E-state index in [1.807, 2.05) is 0 Å². The van der Waals surface area contributed by atoms with Gasteiger partial charge >= 0.3 is 0 Å². The Morgan fingerprint density at radius 3 is 2.67 bits per heavy atom. The second kappa shape index (κ2) is 6.52. The second-order valence-corrected chi connectivity index (χ2v) is 6.10. The molecule has 1 fully saturated rings.